The molecule has 15 rings (SSSR count). The van der Waals surface area contributed by atoms with E-state index >= 15 is 0 Å². The Labute approximate surface area is 594 Å². The van der Waals surface area contributed by atoms with Gasteiger partial charge in [0.25, 0.3) is 0 Å². The summed E-state index contributed by atoms with van der Waals surface area (Å²) in [5.74, 6) is 0.258. The van der Waals surface area contributed by atoms with Crippen LogP contribution in [0.4, 0.5) is 0 Å². The highest BCUT2D eigenvalue weighted by molar-refractivity contribution is 6.21. The maximum atomic E-state index is 7.18. The van der Waals surface area contributed by atoms with Crippen molar-refractivity contribution in [2.75, 3.05) is 0 Å². The molecule has 0 saturated heterocycles. The van der Waals surface area contributed by atoms with E-state index in [0.29, 0.717) is 0 Å². The highest BCUT2D eigenvalue weighted by Gasteiger charge is 2.51. The Morgan fingerprint density at radius 1 is 0.303 bits per heavy atom. The number of hydrogen-bond acceptors (Lipinski definition) is 2. The second kappa shape index (κ2) is 28.5. The van der Waals surface area contributed by atoms with Gasteiger partial charge in [-0.1, -0.05) is 343 Å². The van der Waals surface area contributed by atoms with Crippen LogP contribution in [0.5, 0.6) is 0 Å². The minimum absolute atomic E-state index is 0.0719. The maximum absolute atomic E-state index is 7.18. The molecule has 0 spiro atoms. The second-order valence-electron chi connectivity index (χ2n) is 32.5. The zero-order chi connectivity index (χ0) is 67.9. The zero-order valence-electron chi connectivity index (χ0n) is 61.7. The molecular formula is C97H112O2. The number of para-hydroxylation sites is 2. The van der Waals surface area contributed by atoms with Gasteiger partial charge in [0.15, 0.2) is 0 Å². The molecule has 512 valence electrons. The predicted octanol–water partition coefficient (Wildman–Crippen LogP) is 29.2. The summed E-state index contributed by atoms with van der Waals surface area (Å²) in [6.07, 6.45) is 38.1. The first-order valence-corrected chi connectivity index (χ1v) is 40.1. The average Bonchev–Trinajstić information content (AvgIpc) is 1.20. The smallest absolute Gasteiger partial charge is 0.144 e. The third-order valence-corrected chi connectivity index (χ3v) is 25.4. The number of benzene rings is 9. The van der Waals surface area contributed by atoms with Gasteiger partial charge in [-0.25, -0.2) is 0 Å². The third-order valence-electron chi connectivity index (χ3n) is 25.4. The van der Waals surface area contributed by atoms with Crippen LogP contribution in [0.3, 0.4) is 0 Å². The topological polar surface area (TPSA) is 26.3 Å². The first-order chi connectivity index (χ1) is 48.5. The average molecular weight is 1310 g/mol. The number of unbranched alkanes of at least 4 members (excludes halogenated alkanes) is 20. The molecule has 0 bridgehead atoms. The Bertz CT molecular complexity index is 4670. The summed E-state index contributed by atoms with van der Waals surface area (Å²) in [5, 5.41) is 5.10. The number of fused-ring (bicyclic) bond motifs is 22. The standard InChI is InChI=1S/C97H112O2/c1-9-13-17-21-25-38-56-96(57-39-26-22-18-14-10-2)78-54-55-85-87(73-45-33-36-48-83(73)98-85)86(78)76-65-81-75(64-82(76)96)70-53-51-68(63-80(70)97(81,58-40-27-23-19-15-11-3)59-41-28-24-20-16-12-4)69(60-66-42-30-29-31-43-66)61-67-50-52-72-79(62-67)95(7,8)92-90(72)93-89(74-46-34-37-49-84(74)99-93)88-71-44-32-35-47-77(71)94(5,6)91(88)92/h29-37,42-55,62-65,69H,9-28,38-41,56-61H2,1-8H3. The largest absolute Gasteiger partial charge is 0.456 e. The molecule has 4 aliphatic carbocycles. The lowest BCUT2D eigenvalue weighted by molar-refractivity contribution is 0.394. The first kappa shape index (κ1) is 67.4. The fourth-order valence-corrected chi connectivity index (χ4v) is 20.4. The van der Waals surface area contributed by atoms with Crippen molar-refractivity contribution in [1.29, 1.82) is 0 Å². The summed E-state index contributed by atoms with van der Waals surface area (Å²) in [4.78, 5) is 0. The lowest BCUT2D eigenvalue weighted by Crippen LogP contribution is -2.27. The van der Waals surface area contributed by atoms with Gasteiger partial charge in [0.2, 0.25) is 0 Å². The lowest BCUT2D eigenvalue weighted by atomic mass is 9.68. The Hall–Kier alpha value is -7.42. The third kappa shape index (κ3) is 11.9. The molecular weight excluding hydrogens is 1200 g/mol. The van der Waals surface area contributed by atoms with Crippen molar-refractivity contribution in [1.82, 2.24) is 0 Å². The van der Waals surface area contributed by atoms with Crippen LogP contribution in [0.2, 0.25) is 0 Å². The van der Waals surface area contributed by atoms with E-state index in [2.05, 4.69) is 219 Å². The van der Waals surface area contributed by atoms with E-state index < -0.39 is 0 Å². The summed E-state index contributed by atoms with van der Waals surface area (Å²) < 4.78 is 14.1. The Morgan fingerprint density at radius 2 is 0.778 bits per heavy atom. The number of rotatable bonds is 33. The Balaban J connectivity index is 0.891. The Kier molecular flexibility index (Phi) is 19.4. The molecule has 4 aliphatic rings. The van der Waals surface area contributed by atoms with Crippen LogP contribution in [0, 0.1) is 0 Å². The van der Waals surface area contributed by atoms with Gasteiger partial charge in [0.05, 0.1) is 0 Å². The molecule has 9 aromatic carbocycles. The molecule has 0 radical (unpaired) electrons. The van der Waals surface area contributed by atoms with E-state index in [0.717, 1.165) is 35.2 Å². The highest BCUT2D eigenvalue weighted by atomic mass is 16.3. The molecule has 1 unspecified atom stereocenters. The van der Waals surface area contributed by atoms with Crippen LogP contribution in [0.15, 0.2) is 173 Å². The summed E-state index contributed by atoms with van der Waals surface area (Å²) >= 11 is 0. The monoisotopic (exact) mass is 1310 g/mol. The van der Waals surface area contributed by atoms with Crippen LogP contribution >= 0.6 is 0 Å². The SMILES string of the molecule is CCCCCCCCC1(CCCCCCCC)c2cc(C(Cc3ccccc3)Cc3ccc4c(c3)C(C)(C)c3c5c(c6c(oc7ccccc76)c3-4)-c3ccccc3C5(C)C)ccc2-c2cc3c(cc21)-c1c(ccc2oc4ccccc4c12)C3(CCCCCCCC)CCCCCCCC. The van der Waals surface area contributed by atoms with E-state index in [-0.39, 0.29) is 27.6 Å². The molecule has 2 heteroatoms. The van der Waals surface area contributed by atoms with Crippen molar-refractivity contribution in [3.8, 4) is 44.5 Å². The van der Waals surface area contributed by atoms with E-state index in [1.807, 2.05) is 0 Å². The normalized spacial score (nSPS) is 15.6. The van der Waals surface area contributed by atoms with Crippen molar-refractivity contribution in [2.45, 2.75) is 276 Å². The van der Waals surface area contributed by atoms with Crippen molar-refractivity contribution in [3.05, 3.63) is 225 Å². The predicted molar refractivity (Wildman–Crippen MR) is 424 cm³/mol. The summed E-state index contributed by atoms with van der Waals surface area (Å²) in [6, 6.07) is 65.0. The van der Waals surface area contributed by atoms with Gasteiger partial charge >= 0.3 is 0 Å². The number of hydrogen-bond donors (Lipinski definition) is 0. The van der Waals surface area contributed by atoms with Crippen LogP contribution in [0.25, 0.3) is 88.4 Å². The highest BCUT2D eigenvalue weighted by Crippen LogP contribution is 2.65. The van der Waals surface area contributed by atoms with Gasteiger partial charge in [-0.3, -0.25) is 0 Å². The lowest BCUT2D eigenvalue weighted by Gasteiger charge is -2.35. The van der Waals surface area contributed by atoms with Crippen molar-refractivity contribution >= 4 is 43.9 Å². The summed E-state index contributed by atoms with van der Waals surface area (Å²) in [6.45, 7) is 19.4. The number of furan rings is 2. The van der Waals surface area contributed by atoms with Crippen LogP contribution in [0.1, 0.15) is 302 Å². The van der Waals surface area contributed by atoms with Crippen molar-refractivity contribution in [3.63, 3.8) is 0 Å². The molecule has 0 saturated carbocycles. The van der Waals surface area contributed by atoms with Crippen LogP contribution in [-0.2, 0) is 34.5 Å². The molecule has 0 amide bonds. The van der Waals surface area contributed by atoms with Crippen LogP contribution < -0.4 is 0 Å². The van der Waals surface area contributed by atoms with Gasteiger partial charge in [-0.2, -0.15) is 0 Å². The molecule has 11 aromatic rings. The van der Waals surface area contributed by atoms with E-state index in [4.69, 9.17) is 8.83 Å². The maximum Gasteiger partial charge on any atom is 0.144 e. The van der Waals surface area contributed by atoms with Gasteiger partial charge in [-0.15, -0.1) is 0 Å². The fourth-order valence-electron chi connectivity index (χ4n) is 20.4. The fraction of sp³-hybridized carbons (Fsp3) is 0.443. The van der Waals surface area contributed by atoms with Crippen molar-refractivity contribution in [2.24, 2.45) is 0 Å². The molecule has 1 atom stereocenters. The molecule has 99 heavy (non-hydrogen) atoms. The van der Waals surface area contributed by atoms with Gasteiger partial charge < -0.3 is 8.83 Å². The molecule has 0 fully saturated rings. The summed E-state index contributed by atoms with van der Waals surface area (Å²) in [5.41, 5.74) is 31.4. The molecule has 0 aliphatic heterocycles. The molecule has 2 nitrogen and oxygen atoms in total. The second-order valence-corrected chi connectivity index (χ2v) is 32.5. The summed E-state index contributed by atoms with van der Waals surface area (Å²) in [7, 11) is 0. The van der Waals surface area contributed by atoms with Crippen LogP contribution in [-0.4, -0.2) is 0 Å². The van der Waals surface area contributed by atoms with E-state index in [9.17, 15) is 0 Å². The van der Waals surface area contributed by atoms with Gasteiger partial charge in [-0.05, 0) is 175 Å². The van der Waals surface area contributed by atoms with Crippen molar-refractivity contribution < 1.29 is 8.83 Å². The zero-order valence-corrected chi connectivity index (χ0v) is 61.7. The molecule has 2 heterocycles. The first-order valence-electron chi connectivity index (χ1n) is 40.1. The molecule has 0 N–H and O–H groups in total. The Morgan fingerprint density at radius 3 is 1.41 bits per heavy atom. The van der Waals surface area contributed by atoms with Gasteiger partial charge in [0, 0.05) is 48.8 Å². The van der Waals surface area contributed by atoms with E-state index in [1.165, 1.54) is 279 Å². The minimum atomic E-state index is -0.268. The van der Waals surface area contributed by atoms with E-state index in [1.54, 1.807) is 27.8 Å². The minimum Gasteiger partial charge on any atom is -0.456 e. The molecule has 2 aromatic heterocycles. The quantitative estimate of drug-likeness (QED) is 0.0383. The van der Waals surface area contributed by atoms with Gasteiger partial charge in [0.1, 0.15) is 22.3 Å².